The molecule has 0 amide bonds. The van der Waals surface area contributed by atoms with Crippen molar-refractivity contribution in [2.45, 2.75) is 46.2 Å². The second-order valence-electron chi connectivity index (χ2n) is 10.1. The largest absolute Gasteiger partial charge is 0.329 e. The lowest BCUT2D eigenvalue weighted by atomic mass is 9.98. The summed E-state index contributed by atoms with van der Waals surface area (Å²) in [6, 6.07) is 26.1. The quantitative estimate of drug-likeness (QED) is 0.242. The second-order valence-corrected chi connectivity index (χ2v) is 10.1. The van der Waals surface area contributed by atoms with Crippen molar-refractivity contribution < 1.29 is 4.79 Å². The summed E-state index contributed by atoms with van der Waals surface area (Å²) in [5, 5.41) is 14.3. The summed E-state index contributed by atoms with van der Waals surface area (Å²) >= 11 is 0. The molecule has 0 saturated heterocycles. The highest BCUT2D eigenvalue weighted by atomic mass is 16.2. The van der Waals surface area contributed by atoms with Crippen LogP contribution in [0.1, 0.15) is 47.6 Å². The molecule has 8 heteroatoms. The third-order valence-corrected chi connectivity index (χ3v) is 7.04. The van der Waals surface area contributed by atoms with Crippen molar-refractivity contribution in [2.75, 3.05) is 0 Å². The number of carbonyl (C=O) groups is 1. The summed E-state index contributed by atoms with van der Waals surface area (Å²) in [5.74, 6) is 1.06. The molecule has 3 aromatic carbocycles. The Hall–Kier alpha value is -4.59. The number of aromatic amines is 1. The van der Waals surface area contributed by atoms with Crippen LogP contribution >= 0.6 is 0 Å². The number of benzene rings is 3. The first-order valence-corrected chi connectivity index (χ1v) is 13.3. The molecule has 0 aliphatic carbocycles. The normalized spacial score (nSPS) is 11.3. The van der Waals surface area contributed by atoms with Gasteiger partial charge in [0.25, 0.3) is 0 Å². The van der Waals surface area contributed by atoms with Crippen molar-refractivity contribution in [1.29, 1.82) is 0 Å². The standard InChI is InChI=1S/C31H32N6O2/c1-22(2)12-17-28-29(21-38)36(19-18-23-8-4-3-5-9-23)31(39)37(28)20-24-13-15-25(16-14-24)26-10-6-7-11-27(26)30-32-34-35-33-30/h3-11,13-16,21-22H,12,17-20H2,1-2H3,(H,32,33,34,35). The molecule has 0 fully saturated rings. The maximum absolute atomic E-state index is 13.6. The molecule has 0 saturated carbocycles. The summed E-state index contributed by atoms with van der Waals surface area (Å²) in [5.41, 5.74) is 6.22. The number of hydrogen-bond acceptors (Lipinski definition) is 5. The van der Waals surface area contributed by atoms with Gasteiger partial charge in [-0.15, -0.1) is 5.10 Å². The van der Waals surface area contributed by atoms with Gasteiger partial charge in [-0.1, -0.05) is 92.7 Å². The van der Waals surface area contributed by atoms with Gasteiger partial charge in [0.15, 0.2) is 12.1 Å². The minimum absolute atomic E-state index is 0.140. The Labute approximate surface area is 227 Å². The number of carbonyl (C=O) groups excluding carboxylic acids is 1. The van der Waals surface area contributed by atoms with Crippen molar-refractivity contribution in [3.05, 3.63) is 112 Å². The van der Waals surface area contributed by atoms with Crippen LogP contribution in [0.5, 0.6) is 0 Å². The highest BCUT2D eigenvalue weighted by Crippen LogP contribution is 2.30. The number of imidazole rings is 1. The fourth-order valence-corrected chi connectivity index (χ4v) is 4.93. The molecule has 0 aliphatic heterocycles. The van der Waals surface area contributed by atoms with E-state index in [0.717, 1.165) is 46.2 Å². The predicted octanol–water partition coefficient (Wildman–Crippen LogP) is 5.19. The lowest BCUT2D eigenvalue weighted by Gasteiger charge is -2.11. The Kier molecular flexibility index (Phi) is 7.91. The Bertz CT molecular complexity index is 1580. The fourth-order valence-electron chi connectivity index (χ4n) is 4.93. The molecule has 5 rings (SSSR count). The lowest BCUT2D eigenvalue weighted by molar-refractivity contribution is 0.111. The minimum Gasteiger partial charge on any atom is -0.296 e. The fraction of sp³-hybridized carbons (Fsp3) is 0.258. The van der Waals surface area contributed by atoms with Crippen LogP contribution in [0.2, 0.25) is 0 Å². The molecule has 0 spiro atoms. The summed E-state index contributed by atoms with van der Waals surface area (Å²) in [6.45, 7) is 5.17. The Balaban J connectivity index is 1.45. The van der Waals surface area contributed by atoms with Gasteiger partial charge in [-0.3, -0.25) is 13.9 Å². The van der Waals surface area contributed by atoms with Crippen LogP contribution in [0.25, 0.3) is 22.5 Å². The van der Waals surface area contributed by atoms with Crippen LogP contribution in [-0.4, -0.2) is 36.0 Å². The zero-order valence-corrected chi connectivity index (χ0v) is 22.2. The van der Waals surface area contributed by atoms with Gasteiger partial charge in [0, 0.05) is 12.1 Å². The summed E-state index contributed by atoms with van der Waals surface area (Å²) < 4.78 is 3.42. The van der Waals surface area contributed by atoms with Crippen LogP contribution in [0.15, 0.2) is 83.7 Å². The Morgan fingerprint density at radius 3 is 2.23 bits per heavy atom. The third-order valence-electron chi connectivity index (χ3n) is 7.04. The average molecular weight is 521 g/mol. The molecule has 2 heterocycles. The van der Waals surface area contributed by atoms with Crippen LogP contribution < -0.4 is 5.69 Å². The number of aromatic nitrogens is 6. The molecular weight excluding hydrogens is 488 g/mol. The van der Waals surface area contributed by atoms with Gasteiger partial charge in [0.1, 0.15) is 5.69 Å². The number of tetrazole rings is 1. The summed E-state index contributed by atoms with van der Waals surface area (Å²) in [7, 11) is 0. The molecule has 1 N–H and O–H groups in total. The molecule has 0 atom stereocenters. The van der Waals surface area contributed by atoms with Gasteiger partial charge >= 0.3 is 5.69 Å². The highest BCUT2D eigenvalue weighted by Gasteiger charge is 2.20. The molecule has 0 radical (unpaired) electrons. The van der Waals surface area contributed by atoms with E-state index in [0.29, 0.717) is 43.4 Å². The number of aryl methyl sites for hydroxylation is 1. The first kappa shape index (κ1) is 26.0. The smallest absolute Gasteiger partial charge is 0.296 e. The van der Waals surface area contributed by atoms with Crippen LogP contribution in [0, 0.1) is 5.92 Å². The van der Waals surface area contributed by atoms with Gasteiger partial charge in [0.2, 0.25) is 0 Å². The van der Waals surface area contributed by atoms with Crippen LogP contribution in [0.3, 0.4) is 0 Å². The maximum atomic E-state index is 13.6. The van der Waals surface area contributed by atoms with E-state index in [9.17, 15) is 9.59 Å². The van der Waals surface area contributed by atoms with Gasteiger partial charge < -0.3 is 0 Å². The second kappa shape index (κ2) is 11.9. The predicted molar refractivity (Wildman–Crippen MR) is 152 cm³/mol. The van der Waals surface area contributed by atoms with Crippen molar-refractivity contribution in [1.82, 2.24) is 29.8 Å². The number of aldehydes is 1. The zero-order valence-electron chi connectivity index (χ0n) is 22.2. The number of hydrogen-bond donors (Lipinski definition) is 1. The summed E-state index contributed by atoms with van der Waals surface area (Å²) in [4.78, 5) is 25.9. The minimum atomic E-state index is -0.140. The Morgan fingerprint density at radius 1 is 0.846 bits per heavy atom. The van der Waals surface area contributed by atoms with Crippen LogP contribution in [0.4, 0.5) is 0 Å². The molecule has 0 aliphatic rings. The highest BCUT2D eigenvalue weighted by molar-refractivity contribution is 5.80. The van der Waals surface area contributed by atoms with E-state index in [-0.39, 0.29) is 5.69 Å². The van der Waals surface area contributed by atoms with E-state index in [4.69, 9.17) is 0 Å². The van der Waals surface area contributed by atoms with Crippen molar-refractivity contribution in [3.8, 4) is 22.5 Å². The molecule has 0 unspecified atom stereocenters. The van der Waals surface area contributed by atoms with E-state index in [2.05, 4.69) is 34.5 Å². The first-order valence-electron chi connectivity index (χ1n) is 13.3. The summed E-state index contributed by atoms with van der Waals surface area (Å²) in [6.07, 6.45) is 3.10. The number of nitrogens with zero attached hydrogens (tertiary/aromatic N) is 5. The monoisotopic (exact) mass is 520 g/mol. The van der Waals surface area contributed by atoms with E-state index >= 15 is 0 Å². The molecule has 2 aromatic heterocycles. The molecule has 5 aromatic rings. The maximum Gasteiger partial charge on any atom is 0.329 e. The molecule has 198 valence electrons. The van der Waals surface area contributed by atoms with Gasteiger partial charge in [-0.2, -0.15) is 0 Å². The Morgan fingerprint density at radius 2 is 1.56 bits per heavy atom. The van der Waals surface area contributed by atoms with Crippen molar-refractivity contribution in [2.24, 2.45) is 5.92 Å². The van der Waals surface area contributed by atoms with Gasteiger partial charge in [0.05, 0.1) is 12.2 Å². The number of rotatable bonds is 11. The first-order chi connectivity index (χ1) is 19.0. The van der Waals surface area contributed by atoms with Crippen LogP contribution in [-0.2, 0) is 25.9 Å². The van der Waals surface area contributed by atoms with E-state index < -0.39 is 0 Å². The number of nitrogens with one attached hydrogen (secondary N) is 1. The third kappa shape index (κ3) is 5.80. The molecule has 8 nitrogen and oxygen atoms in total. The SMILES string of the molecule is CC(C)CCc1c(C=O)n(CCc2ccccc2)c(=O)n1Cc1ccc(-c2ccccc2-c2nnn[nH]2)cc1. The van der Waals surface area contributed by atoms with E-state index in [1.165, 1.54) is 0 Å². The average Bonchev–Trinajstić information content (AvgIpc) is 3.59. The molecule has 0 bridgehead atoms. The van der Waals surface area contributed by atoms with E-state index in [1.54, 1.807) is 9.13 Å². The van der Waals surface area contributed by atoms with E-state index in [1.807, 2.05) is 78.9 Å². The molecule has 39 heavy (non-hydrogen) atoms. The van der Waals surface area contributed by atoms with Crippen molar-refractivity contribution >= 4 is 6.29 Å². The molecular formula is C31H32N6O2. The van der Waals surface area contributed by atoms with Gasteiger partial charge in [-0.05, 0) is 57.9 Å². The van der Waals surface area contributed by atoms with Gasteiger partial charge in [-0.25, -0.2) is 9.89 Å². The zero-order chi connectivity index (χ0) is 27.2. The van der Waals surface area contributed by atoms with Crippen molar-refractivity contribution in [3.63, 3.8) is 0 Å². The lowest BCUT2D eigenvalue weighted by Crippen LogP contribution is -2.26. The topological polar surface area (TPSA) is 98.5 Å². The number of H-pyrrole nitrogens is 1.